The third-order valence-corrected chi connectivity index (χ3v) is 4.58. The lowest BCUT2D eigenvalue weighted by atomic mass is 10.2. The number of rotatable bonds is 4. The molecular formula is C21H22N4. The predicted molar refractivity (Wildman–Crippen MR) is 105 cm³/mol. The average molecular weight is 330 g/mol. The van der Waals surface area contributed by atoms with Crippen LogP contribution in [0.5, 0.6) is 0 Å². The van der Waals surface area contributed by atoms with Gasteiger partial charge >= 0.3 is 0 Å². The van der Waals surface area contributed by atoms with E-state index in [9.17, 15) is 0 Å². The normalized spacial score (nSPS) is 13.8. The molecule has 0 saturated heterocycles. The van der Waals surface area contributed by atoms with Crippen molar-refractivity contribution in [3.63, 3.8) is 0 Å². The molecule has 0 spiro atoms. The summed E-state index contributed by atoms with van der Waals surface area (Å²) in [6, 6.07) is 16.5. The Labute approximate surface area is 148 Å². The van der Waals surface area contributed by atoms with E-state index in [1.165, 1.54) is 17.7 Å². The summed E-state index contributed by atoms with van der Waals surface area (Å²) in [5, 5.41) is 4.52. The first-order valence-corrected chi connectivity index (χ1v) is 8.71. The number of benzene rings is 2. The maximum absolute atomic E-state index is 4.83. The molecule has 3 aromatic rings. The van der Waals surface area contributed by atoms with Crippen molar-refractivity contribution >= 4 is 33.7 Å². The monoisotopic (exact) mass is 330 g/mol. The number of fused-ring (bicyclic) bond motifs is 1. The Hall–Kier alpha value is -2.88. The summed E-state index contributed by atoms with van der Waals surface area (Å²) >= 11 is 0. The molecule has 4 heteroatoms. The zero-order valence-electron chi connectivity index (χ0n) is 14.7. The first-order valence-electron chi connectivity index (χ1n) is 8.71. The fourth-order valence-corrected chi connectivity index (χ4v) is 3.17. The molecule has 1 N–H and O–H groups in total. The molecule has 1 aliphatic carbocycles. The number of nitrogens with zero attached hydrogens (tertiary/aromatic N) is 3. The van der Waals surface area contributed by atoms with Crippen molar-refractivity contribution in [2.75, 3.05) is 24.3 Å². The molecule has 1 heterocycles. The van der Waals surface area contributed by atoms with Crippen LogP contribution in [0.1, 0.15) is 25.1 Å². The number of allylic oxidation sites excluding steroid dienone is 2. The highest BCUT2D eigenvalue weighted by atomic mass is 15.1. The van der Waals surface area contributed by atoms with Gasteiger partial charge in [0.2, 0.25) is 0 Å². The van der Waals surface area contributed by atoms with Crippen LogP contribution in [-0.2, 0) is 0 Å². The molecule has 25 heavy (non-hydrogen) atoms. The summed E-state index contributed by atoms with van der Waals surface area (Å²) in [6.07, 6.45) is 5.65. The second-order valence-electron chi connectivity index (χ2n) is 6.60. The second kappa shape index (κ2) is 6.55. The van der Waals surface area contributed by atoms with Crippen LogP contribution >= 0.6 is 0 Å². The van der Waals surface area contributed by atoms with Gasteiger partial charge in [0.15, 0.2) is 5.82 Å². The molecular weight excluding hydrogens is 308 g/mol. The second-order valence-corrected chi connectivity index (χ2v) is 6.60. The third kappa shape index (κ3) is 3.20. The summed E-state index contributed by atoms with van der Waals surface area (Å²) in [5.74, 6) is 1.72. The van der Waals surface area contributed by atoms with Crippen molar-refractivity contribution in [3.05, 3.63) is 60.4 Å². The van der Waals surface area contributed by atoms with Crippen LogP contribution in [0.2, 0.25) is 0 Å². The summed E-state index contributed by atoms with van der Waals surface area (Å²) in [6.45, 7) is 0. The van der Waals surface area contributed by atoms with E-state index >= 15 is 0 Å². The zero-order valence-corrected chi connectivity index (χ0v) is 14.7. The Bertz CT molecular complexity index is 926. The first kappa shape index (κ1) is 15.6. The highest BCUT2D eigenvalue weighted by Crippen LogP contribution is 2.30. The highest BCUT2D eigenvalue weighted by Gasteiger charge is 2.14. The van der Waals surface area contributed by atoms with Crippen molar-refractivity contribution in [1.29, 1.82) is 0 Å². The fraction of sp³-hybridized carbons (Fsp3) is 0.238. The molecule has 2 aromatic carbocycles. The van der Waals surface area contributed by atoms with Crippen LogP contribution in [0.4, 0.5) is 17.2 Å². The molecule has 0 fully saturated rings. The van der Waals surface area contributed by atoms with Crippen molar-refractivity contribution in [2.45, 2.75) is 19.3 Å². The van der Waals surface area contributed by atoms with Crippen LogP contribution in [0.25, 0.3) is 16.5 Å². The minimum atomic E-state index is 0.851. The Kier molecular flexibility index (Phi) is 4.10. The first-order chi connectivity index (χ1) is 12.2. The lowest BCUT2D eigenvalue weighted by Gasteiger charge is -2.14. The van der Waals surface area contributed by atoms with Crippen LogP contribution < -0.4 is 10.2 Å². The van der Waals surface area contributed by atoms with Crippen LogP contribution in [0, 0.1) is 0 Å². The van der Waals surface area contributed by atoms with Gasteiger partial charge in [0, 0.05) is 30.9 Å². The zero-order chi connectivity index (χ0) is 17.2. The van der Waals surface area contributed by atoms with Gasteiger partial charge in [-0.25, -0.2) is 9.97 Å². The van der Waals surface area contributed by atoms with E-state index in [-0.39, 0.29) is 0 Å². The molecule has 4 rings (SSSR count). The lowest BCUT2D eigenvalue weighted by Crippen LogP contribution is -2.08. The molecule has 0 radical (unpaired) electrons. The highest BCUT2D eigenvalue weighted by molar-refractivity contribution is 5.92. The number of hydrogen-bond donors (Lipinski definition) is 1. The van der Waals surface area contributed by atoms with Crippen LogP contribution in [0.3, 0.4) is 0 Å². The molecule has 4 nitrogen and oxygen atoms in total. The van der Waals surface area contributed by atoms with Crippen LogP contribution in [0.15, 0.2) is 54.6 Å². The van der Waals surface area contributed by atoms with Crippen LogP contribution in [-0.4, -0.2) is 24.1 Å². The summed E-state index contributed by atoms with van der Waals surface area (Å²) < 4.78 is 0. The number of aromatic nitrogens is 2. The summed E-state index contributed by atoms with van der Waals surface area (Å²) in [7, 11) is 4.09. The van der Waals surface area contributed by atoms with Crippen molar-refractivity contribution in [3.8, 4) is 0 Å². The Morgan fingerprint density at radius 2 is 1.76 bits per heavy atom. The van der Waals surface area contributed by atoms with Gasteiger partial charge in [0.25, 0.3) is 0 Å². The predicted octanol–water partition coefficient (Wildman–Crippen LogP) is 5.01. The standard InChI is InChI=1S/C21H22N4/c1-25(2)17-13-11-16(12-14-17)22-21-18-9-5-6-10-19(18)23-20(24-21)15-7-3-4-8-15/h5-7,9-14H,3-4,8H2,1-2H3,(H,22,23,24). The number of para-hydroxylation sites is 1. The fourth-order valence-electron chi connectivity index (χ4n) is 3.17. The van der Waals surface area contributed by atoms with E-state index in [2.05, 4.69) is 52.7 Å². The van der Waals surface area contributed by atoms with Gasteiger partial charge in [-0.05, 0) is 61.2 Å². The molecule has 126 valence electrons. The van der Waals surface area contributed by atoms with Gasteiger partial charge in [0.1, 0.15) is 5.82 Å². The molecule has 1 aromatic heterocycles. The van der Waals surface area contributed by atoms with E-state index in [4.69, 9.17) is 9.97 Å². The van der Waals surface area contributed by atoms with E-state index in [1.807, 2.05) is 26.2 Å². The molecule has 0 amide bonds. The maximum atomic E-state index is 4.83. The quantitative estimate of drug-likeness (QED) is 0.730. The van der Waals surface area contributed by atoms with Gasteiger partial charge in [-0.3, -0.25) is 0 Å². The largest absolute Gasteiger partial charge is 0.378 e. The van der Waals surface area contributed by atoms with Crippen molar-refractivity contribution < 1.29 is 0 Å². The topological polar surface area (TPSA) is 41.0 Å². The number of anilines is 3. The molecule has 1 aliphatic rings. The molecule has 0 unspecified atom stereocenters. The number of nitrogens with one attached hydrogen (secondary N) is 1. The third-order valence-electron chi connectivity index (χ3n) is 4.58. The van der Waals surface area contributed by atoms with Gasteiger partial charge in [-0.15, -0.1) is 0 Å². The van der Waals surface area contributed by atoms with E-state index in [0.29, 0.717) is 0 Å². The van der Waals surface area contributed by atoms with Gasteiger partial charge in [-0.2, -0.15) is 0 Å². The summed E-state index contributed by atoms with van der Waals surface area (Å²) in [5.41, 5.74) is 4.44. The molecule has 0 aliphatic heterocycles. The molecule has 0 atom stereocenters. The lowest BCUT2D eigenvalue weighted by molar-refractivity contribution is 0.929. The Morgan fingerprint density at radius 3 is 2.48 bits per heavy atom. The number of hydrogen-bond acceptors (Lipinski definition) is 4. The minimum Gasteiger partial charge on any atom is -0.378 e. The van der Waals surface area contributed by atoms with E-state index in [1.54, 1.807) is 0 Å². The maximum Gasteiger partial charge on any atom is 0.157 e. The Morgan fingerprint density at radius 1 is 0.960 bits per heavy atom. The Balaban J connectivity index is 1.74. The smallest absolute Gasteiger partial charge is 0.157 e. The summed E-state index contributed by atoms with van der Waals surface area (Å²) in [4.78, 5) is 11.7. The minimum absolute atomic E-state index is 0.851. The molecule has 0 bridgehead atoms. The SMILES string of the molecule is CN(C)c1ccc(Nc2nc(C3=CCCC3)nc3ccccc23)cc1. The van der Waals surface area contributed by atoms with E-state index < -0.39 is 0 Å². The molecule has 0 saturated carbocycles. The van der Waals surface area contributed by atoms with Crippen molar-refractivity contribution in [1.82, 2.24) is 9.97 Å². The van der Waals surface area contributed by atoms with Crippen molar-refractivity contribution in [2.24, 2.45) is 0 Å². The van der Waals surface area contributed by atoms with Gasteiger partial charge in [0.05, 0.1) is 5.52 Å². The van der Waals surface area contributed by atoms with Gasteiger partial charge in [-0.1, -0.05) is 18.2 Å². The van der Waals surface area contributed by atoms with E-state index in [0.717, 1.165) is 41.1 Å². The van der Waals surface area contributed by atoms with Gasteiger partial charge < -0.3 is 10.2 Å². The average Bonchev–Trinajstić information content (AvgIpc) is 3.17.